The highest BCUT2D eigenvalue weighted by atomic mass is 32.2. The molecule has 0 aliphatic carbocycles. The van der Waals surface area contributed by atoms with E-state index in [4.69, 9.17) is 9.84 Å². The Kier molecular flexibility index (Phi) is 5.96. The van der Waals surface area contributed by atoms with E-state index in [2.05, 4.69) is 4.72 Å². The van der Waals surface area contributed by atoms with Crippen molar-refractivity contribution in [1.82, 2.24) is 4.72 Å². The molecule has 1 aliphatic rings. The van der Waals surface area contributed by atoms with Crippen molar-refractivity contribution in [1.29, 1.82) is 0 Å². The number of anilines is 1. The molecule has 0 saturated carbocycles. The number of hydrogen-bond donors (Lipinski definition) is 2. The molecule has 2 aromatic rings. The average Bonchev–Trinajstić information content (AvgIpc) is 3.11. The van der Waals surface area contributed by atoms with Crippen LogP contribution in [0.4, 0.5) is 5.69 Å². The van der Waals surface area contributed by atoms with E-state index >= 15 is 0 Å². The van der Waals surface area contributed by atoms with Crippen LogP contribution in [0.15, 0.2) is 53.4 Å². The minimum Gasteiger partial charge on any atom is -0.492 e. The topological polar surface area (TPSA) is 113 Å². The van der Waals surface area contributed by atoms with Crippen LogP contribution >= 0.6 is 0 Å². The summed E-state index contributed by atoms with van der Waals surface area (Å²) in [5.41, 5.74) is 0.776. The van der Waals surface area contributed by atoms with Crippen LogP contribution in [-0.2, 0) is 14.8 Å². The van der Waals surface area contributed by atoms with Gasteiger partial charge in [-0.3, -0.25) is 4.79 Å². The first kappa shape index (κ1) is 19.8. The van der Waals surface area contributed by atoms with E-state index in [1.807, 2.05) is 0 Å². The monoisotopic (exact) mass is 404 g/mol. The van der Waals surface area contributed by atoms with Gasteiger partial charge in [0.2, 0.25) is 15.9 Å². The molecule has 0 atom stereocenters. The van der Waals surface area contributed by atoms with Crippen LogP contribution in [-0.4, -0.2) is 45.1 Å². The predicted molar refractivity (Wildman–Crippen MR) is 102 cm³/mol. The summed E-state index contributed by atoms with van der Waals surface area (Å²) >= 11 is 0. The molecule has 1 fully saturated rings. The number of benzene rings is 2. The van der Waals surface area contributed by atoms with Crippen molar-refractivity contribution in [3.05, 3.63) is 54.1 Å². The number of carboxylic acids is 1. The number of aromatic carboxylic acids is 1. The largest absolute Gasteiger partial charge is 0.492 e. The van der Waals surface area contributed by atoms with Crippen molar-refractivity contribution < 1.29 is 27.9 Å². The number of ether oxygens (including phenoxy) is 1. The third kappa shape index (κ3) is 4.68. The lowest BCUT2D eigenvalue weighted by Crippen LogP contribution is -2.28. The number of nitrogens with zero attached hydrogens (tertiary/aromatic N) is 1. The fourth-order valence-electron chi connectivity index (χ4n) is 2.87. The molecule has 0 spiro atoms. The molecule has 1 heterocycles. The molecule has 0 aromatic heterocycles. The Hall–Kier alpha value is -2.91. The molecule has 0 radical (unpaired) electrons. The van der Waals surface area contributed by atoms with Crippen LogP contribution in [0, 0.1) is 0 Å². The average molecular weight is 404 g/mol. The van der Waals surface area contributed by atoms with Crippen molar-refractivity contribution in [3.63, 3.8) is 0 Å². The summed E-state index contributed by atoms with van der Waals surface area (Å²) in [6.07, 6.45) is 1.31. The number of carboxylic acid groups (broad SMARTS) is 1. The molecular weight excluding hydrogens is 384 g/mol. The van der Waals surface area contributed by atoms with E-state index in [-0.39, 0.29) is 29.5 Å². The summed E-state index contributed by atoms with van der Waals surface area (Å²) in [6.45, 7) is 0.707. The Bertz CT molecular complexity index is 972. The van der Waals surface area contributed by atoms with Gasteiger partial charge in [0, 0.05) is 25.2 Å². The molecule has 0 bridgehead atoms. The molecule has 9 heteroatoms. The van der Waals surface area contributed by atoms with Gasteiger partial charge >= 0.3 is 5.97 Å². The third-order valence-corrected chi connectivity index (χ3v) is 5.75. The molecule has 2 N–H and O–H groups in total. The Morgan fingerprint density at radius 1 is 1.18 bits per heavy atom. The van der Waals surface area contributed by atoms with Crippen LogP contribution in [0.1, 0.15) is 23.2 Å². The number of rotatable bonds is 8. The van der Waals surface area contributed by atoms with Crippen molar-refractivity contribution in [2.45, 2.75) is 17.7 Å². The normalized spacial score (nSPS) is 14.3. The molecule has 1 aliphatic heterocycles. The van der Waals surface area contributed by atoms with Crippen LogP contribution in [0.3, 0.4) is 0 Å². The lowest BCUT2D eigenvalue weighted by atomic mass is 10.2. The lowest BCUT2D eigenvalue weighted by molar-refractivity contribution is -0.117. The van der Waals surface area contributed by atoms with E-state index in [1.165, 1.54) is 24.3 Å². The van der Waals surface area contributed by atoms with Gasteiger partial charge in [0.15, 0.2) is 0 Å². The van der Waals surface area contributed by atoms with E-state index < -0.39 is 16.0 Å². The first-order chi connectivity index (χ1) is 13.4. The highest BCUT2D eigenvalue weighted by Gasteiger charge is 2.22. The number of hydrogen-bond acceptors (Lipinski definition) is 5. The van der Waals surface area contributed by atoms with Gasteiger partial charge in [-0.15, -0.1) is 0 Å². The van der Waals surface area contributed by atoms with Crippen LogP contribution in [0.2, 0.25) is 0 Å². The van der Waals surface area contributed by atoms with Crippen molar-refractivity contribution in [2.24, 2.45) is 0 Å². The molecule has 28 heavy (non-hydrogen) atoms. The second kappa shape index (κ2) is 8.41. The Labute approximate surface area is 162 Å². The Morgan fingerprint density at radius 2 is 1.93 bits per heavy atom. The zero-order valence-corrected chi connectivity index (χ0v) is 15.8. The van der Waals surface area contributed by atoms with Gasteiger partial charge in [-0.2, -0.15) is 0 Å². The maximum absolute atomic E-state index is 12.4. The van der Waals surface area contributed by atoms with Crippen molar-refractivity contribution in [3.8, 4) is 5.75 Å². The summed E-state index contributed by atoms with van der Waals surface area (Å²) in [7, 11) is -3.72. The SMILES string of the molecule is O=C(O)c1cccc(OCCNS(=O)(=O)c2ccc(N3CCCC3=O)cc2)c1. The molecule has 2 aromatic carbocycles. The van der Waals surface area contributed by atoms with Crippen LogP contribution in [0.25, 0.3) is 0 Å². The van der Waals surface area contributed by atoms with Crippen molar-refractivity contribution >= 4 is 27.6 Å². The number of carbonyl (C=O) groups excluding carboxylic acids is 1. The van der Waals surface area contributed by atoms with Gasteiger partial charge in [-0.1, -0.05) is 6.07 Å². The van der Waals surface area contributed by atoms with Crippen LogP contribution in [0.5, 0.6) is 5.75 Å². The summed E-state index contributed by atoms with van der Waals surface area (Å²) in [4.78, 5) is 24.4. The quantitative estimate of drug-likeness (QED) is 0.650. The zero-order valence-electron chi connectivity index (χ0n) is 15.0. The minimum atomic E-state index is -3.72. The fourth-order valence-corrected chi connectivity index (χ4v) is 3.89. The van der Waals surface area contributed by atoms with E-state index in [9.17, 15) is 18.0 Å². The summed E-state index contributed by atoms with van der Waals surface area (Å²) in [6, 6.07) is 12.1. The van der Waals surface area contributed by atoms with Gasteiger partial charge < -0.3 is 14.7 Å². The molecule has 1 saturated heterocycles. The number of amides is 1. The number of nitrogens with one attached hydrogen (secondary N) is 1. The second-order valence-corrected chi connectivity index (χ2v) is 7.99. The van der Waals surface area contributed by atoms with Gasteiger partial charge in [0.05, 0.1) is 10.5 Å². The second-order valence-electron chi connectivity index (χ2n) is 6.22. The summed E-state index contributed by atoms with van der Waals surface area (Å²) in [5, 5.41) is 8.95. The molecule has 8 nitrogen and oxygen atoms in total. The standard InChI is InChI=1S/C19H20N2O6S/c22-18-5-2-11-21(18)15-6-8-17(9-7-15)28(25,26)20-10-12-27-16-4-1-3-14(13-16)19(23)24/h1,3-4,6-9,13,20H,2,5,10-12H2,(H,23,24). The van der Waals surface area contributed by atoms with E-state index in [1.54, 1.807) is 29.2 Å². The Balaban J connectivity index is 1.54. The highest BCUT2D eigenvalue weighted by Crippen LogP contribution is 2.22. The number of carbonyl (C=O) groups is 2. The molecule has 3 rings (SSSR count). The molecular formula is C19H20N2O6S. The summed E-state index contributed by atoms with van der Waals surface area (Å²) in [5.74, 6) is -0.679. The Morgan fingerprint density at radius 3 is 2.57 bits per heavy atom. The van der Waals surface area contributed by atoms with Gasteiger partial charge in [-0.05, 0) is 48.9 Å². The van der Waals surface area contributed by atoms with E-state index in [0.717, 1.165) is 6.42 Å². The minimum absolute atomic E-state index is 0.0198. The molecule has 148 valence electrons. The summed E-state index contributed by atoms with van der Waals surface area (Å²) < 4.78 is 32.5. The zero-order chi connectivity index (χ0) is 20.1. The van der Waals surface area contributed by atoms with Gasteiger partial charge in [0.25, 0.3) is 0 Å². The maximum atomic E-state index is 12.4. The highest BCUT2D eigenvalue weighted by molar-refractivity contribution is 7.89. The third-order valence-electron chi connectivity index (χ3n) is 4.28. The first-order valence-electron chi connectivity index (χ1n) is 8.73. The first-order valence-corrected chi connectivity index (χ1v) is 10.2. The lowest BCUT2D eigenvalue weighted by Gasteiger charge is -2.16. The van der Waals surface area contributed by atoms with Crippen LogP contribution < -0.4 is 14.4 Å². The van der Waals surface area contributed by atoms with Crippen molar-refractivity contribution in [2.75, 3.05) is 24.6 Å². The number of sulfonamides is 1. The predicted octanol–water partition coefficient (Wildman–Crippen LogP) is 1.87. The van der Waals surface area contributed by atoms with E-state index in [0.29, 0.717) is 24.4 Å². The fraction of sp³-hybridized carbons (Fsp3) is 0.263. The molecule has 1 amide bonds. The molecule has 0 unspecified atom stereocenters. The maximum Gasteiger partial charge on any atom is 0.335 e. The van der Waals surface area contributed by atoms with Gasteiger partial charge in [-0.25, -0.2) is 17.9 Å². The van der Waals surface area contributed by atoms with Gasteiger partial charge in [0.1, 0.15) is 12.4 Å². The smallest absolute Gasteiger partial charge is 0.335 e.